The van der Waals surface area contributed by atoms with Crippen molar-refractivity contribution in [2.24, 2.45) is 16.5 Å². The van der Waals surface area contributed by atoms with Crippen LogP contribution in [0.1, 0.15) is 40.4 Å². The molecule has 0 aliphatic heterocycles. The second-order valence-corrected chi connectivity index (χ2v) is 5.83. The lowest BCUT2D eigenvalue weighted by atomic mass is 9.86. The standard InChI is InChI=1S/C20H21N3O2/c1-2-25-16-10-8-14(9-11-16)17-5-3-4-13-6-7-15(12-18(13)17)19(24)23-20(21)22/h5-12H,2-4H2,1H3,(H4,21,22,23,24). The summed E-state index contributed by atoms with van der Waals surface area (Å²) in [7, 11) is 0. The van der Waals surface area contributed by atoms with Crippen LogP contribution in [0, 0.1) is 0 Å². The van der Waals surface area contributed by atoms with Crippen LogP contribution in [0.2, 0.25) is 0 Å². The van der Waals surface area contributed by atoms with Crippen LogP contribution in [0.4, 0.5) is 0 Å². The number of aliphatic imine (C=N–C) groups is 1. The fourth-order valence-electron chi connectivity index (χ4n) is 3.01. The lowest BCUT2D eigenvalue weighted by Gasteiger charge is -2.19. The summed E-state index contributed by atoms with van der Waals surface area (Å²) < 4.78 is 5.50. The van der Waals surface area contributed by atoms with E-state index in [1.165, 1.54) is 5.56 Å². The predicted octanol–water partition coefficient (Wildman–Crippen LogP) is 2.88. The Hall–Kier alpha value is -3.08. The van der Waals surface area contributed by atoms with E-state index in [0.29, 0.717) is 12.2 Å². The minimum Gasteiger partial charge on any atom is -0.494 e. The second-order valence-electron chi connectivity index (χ2n) is 5.83. The number of fused-ring (bicyclic) bond motifs is 1. The van der Waals surface area contributed by atoms with E-state index in [1.54, 1.807) is 6.07 Å². The highest BCUT2D eigenvalue weighted by atomic mass is 16.5. The highest BCUT2D eigenvalue weighted by Crippen LogP contribution is 2.33. The van der Waals surface area contributed by atoms with Gasteiger partial charge in [-0.3, -0.25) is 4.79 Å². The van der Waals surface area contributed by atoms with Gasteiger partial charge in [-0.2, -0.15) is 4.99 Å². The number of rotatable bonds is 4. The molecule has 4 N–H and O–H groups in total. The number of carbonyl (C=O) groups excluding carboxylic acids is 1. The van der Waals surface area contributed by atoms with Crippen LogP contribution in [0.25, 0.3) is 5.57 Å². The Morgan fingerprint density at radius 3 is 2.60 bits per heavy atom. The number of nitrogens with zero attached hydrogens (tertiary/aromatic N) is 1. The van der Waals surface area contributed by atoms with E-state index in [0.717, 1.165) is 35.3 Å². The van der Waals surface area contributed by atoms with Crippen molar-refractivity contribution in [3.05, 3.63) is 70.8 Å². The number of hydrogen-bond donors (Lipinski definition) is 2. The summed E-state index contributed by atoms with van der Waals surface area (Å²) in [5.41, 5.74) is 15.6. The minimum atomic E-state index is -0.431. The summed E-state index contributed by atoms with van der Waals surface area (Å²) in [4.78, 5) is 15.7. The zero-order chi connectivity index (χ0) is 17.8. The molecule has 0 bridgehead atoms. The molecule has 0 spiro atoms. The molecule has 0 heterocycles. The average molecular weight is 335 g/mol. The largest absolute Gasteiger partial charge is 0.494 e. The number of allylic oxidation sites excluding steroid dienone is 1. The minimum absolute atomic E-state index is 0.231. The normalized spacial score (nSPS) is 12.8. The van der Waals surface area contributed by atoms with E-state index in [4.69, 9.17) is 16.2 Å². The monoisotopic (exact) mass is 335 g/mol. The molecule has 0 fully saturated rings. The van der Waals surface area contributed by atoms with Crippen LogP contribution < -0.4 is 16.2 Å². The van der Waals surface area contributed by atoms with Crippen molar-refractivity contribution >= 4 is 17.4 Å². The van der Waals surface area contributed by atoms with Gasteiger partial charge in [0.25, 0.3) is 5.91 Å². The quantitative estimate of drug-likeness (QED) is 0.664. The first-order chi connectivity index (χ1) is 12.1. The molecule has 0 saturated heterocycles. The highest BCUT2D eigenvalue weighted by Gasteiger charge is 2.17. The molecular weight excluding hydrogens is 314 g/mol. The van der Waals surface area contributed by atoms with Gasteiger partial charge in [0, 0.05) is 5.56 Å². The molecule has 0 atom stereocenters. The summed E-state index contributed by atoms with van der Waals surface area (Å²) in [6.45, 7) is 2.60. The Morgan fingerprint density at radius 1 is 1.16 bits per heavy atom. The summed E-state index contributed by atoms with van der Waals surface area (Å²) in [5, 5.41) is 0. The van der Waals surface area contributed by atoms with Gasteiger partial charge in [0.05, 0.1) is 6.61 Å². The summed E-state index contributed by atoms with van der Waals surface area (Å²) >= 11 is 0. The molecule has 0 radical (unpaired) electrons. The fraction of sp³-hybridized carbons (Fsp3) is 0.200. The molecule has 25 heavy (non-hydrogen) atoms. The lowest BCUT2D eigenvalue weighted by Crippen LogP contribution is -2.24. The zero-order valence-corrected chi connectivity index (χ0v) is 14.2. The Balaban J connectivity index is 1.97. The van der Waals surface area contributed by atoms with Gasteiger partial charge in [0.2, 0.25) is 0 Å². The molecule has 3 rings (SSSR count). The number of benzene rings is 2. The summed E-state index contributed by atoms with van der Waals surface area (Å²) in [6, 6.07) is 13.6. The number of amides is 1. The van der Waals surface area contributed by atoms with Gasteiger partial charge in [0.15, 0.2) is 5.96 Å². The van der Waals surface area contributed by atoms with Crippen molar-refractivity contribution in [3.8, 4) is 5.75 Å². The Labute approximate surface area is 147 Å². The maximum Gasteiger partial charge on any atom is 0.280 e. The van der Waals surface area contributed by atoms with Crippen molar-refractivity contribution < 1.29 is 9.53 Å². The van der Waals surface area contributed by atoms with E-state index < -0.39 is 5.91 Å². The Kier molecular flexibility index (Phi) is 4.84. The van der Waals surface area contributed by atoms with Crippen LogP contribution in [0.3, 0.4) is 0 Å². The maximum absolute atomic E-state index is 12.1. The van der Waals surface area contributed by atoms with Crippen molar-refractivity contribution in [1.29, 1.82) is 0 Å². The average Bonchev–Trinajstić information content (AvgIpc) is 2.61. The van der Waals surface area contributed by atoms with Crippen molar-refractivity contribution in [1.82, 2.24) is 0 Å². The van der Waals surface area contributed by atoms with E-state index in [1.807, 2.05) is 43.3 Å². The molecule has 0 unspecified atom stereocenters. The lowest BCUT2D eigenvalue weighted by molar-refractivity contribution is 0.100. The molecular formula is C20H21N3O2. The first-order valence-electron chi connectivity index (χ1n) is 8.29. The maximum atomic E-state index is 12.1. The molecule has 2 aromatic rings. The van der Waals surface area contributed by atoms with Crippen molar-refractivity contribution in [2.75, 3.05) is 6.61 Å². The molecule has 5 heteroatoms. The number of aryl methyl sites for hydroxylation is 1. The third-order valence-corrected chi connectivity index (χ3v) is 4.12. The van der Waals surface area contributed by atoms with Crippen LogP contribution in [0.5, 0.6) is 5.75 Å². The molecule has 1 amide bonds. The summed E-state index contributed by atoms with van der Waals surface area (Å²) in [5.74, 6) is 0.184. The molecule has 5 nitrogen and oxygen atoms in total. The van der Waals surface area contributed by atoms with Crippen LogP contribution in [0.15, 0.2) is 53.5 Å². The zero-order valence-electron chi connectivity index (χ0n) is 14.2. The van der Waals surface area contributed by atoms with Crippen molar-refractivity contribution in [3.63, 3.8) is 0 Å². The molecule has 0 aromatic heterocycles. The van der Waals surface area contributed by atoms with Gasteiger partial charge in [-0.25, -0.2) is 0 Å². The third kappa shape index (κ3) is 3.71. The van der Waals surface area contributed by atoms with Gasteiger partial charge < -0.3 is 16.2 Å². The number of carbonyl (C=O) groups is 1. The predicted molar refractivity (Wildman–Crippen MR) is 99.6 cm³/mol. The SMILES string of the molecule is CCOc1ccc(C2=CCCc3ccc(C(=O)N=C(N)N)cc32)cc1. The summed E-state index contributed by atoms with van der Waals surface area (Å²) in [6.07, 6.45) is 4.12. The smallest absolute Gasteiger partial charge is 0.280 e. The van der Waals surface area contributed by atoms with Gasteiger partial charge in [-0.15, -0.1) is 0 Å². The topological polar surface area (TPSA) is 90.7 Å². The van der Waals surface area contributed by atoms with E-state index in [2.05, 4.69) is 11.1 Å². The molecule has 1 aliphatic carbocycles. The highest BCUT2D eigenvalue weighted by molar-refractivity contribution is 6.02. The Morgan fingerprint density at radius 2 is 1.92 bits per heavy atom. The van der Waals surface area contributed by atoms with Gasteiger partial charge in [-0.05, 0) is 66.3 Å². The molecule has 0 saturated carbocycles. The Bertz CT molecular complexity index is 848. The fourth-order valence-corrected chi connectivity index (χ4v) is 3.01. The first kappa shape index (κ1) is 16.8. The van der Waals surface area contributed by atoms with Gasteiger partial charge in [-0.1, -0.05) is 24.3 Å². The van der Waals surface area contributed by atoms with Crippen LogP contribution >= 0.6 is 0 Å². The third-order valence-electron chi connectivity index (χ3n) is 4.12. The number of nitrogens with two attached hydrogens (primary N) is 2. The number of ether oxygens (including phenoxy) is 1. The molecule has 1 aliphatic rings. The van der Waals surface area contributed by atoms with Gasteiger partial charge >= 0.3 is 0 Å². The molecule has 2 aromatic carbocycles. The number of guanidine groups is 1. The number of hydrogen-bond acceptors (Lipinski definition) is 2. The van der Waals surface area contributed by atoms with Crippen molar-refractivity contribution in [2.45, 2.75) is 19.8 Å². The van der Waals surface area contributed by atoms with Crippen LogP contribution in [-0.2, 0) is 6.42 Å². The van der Waals surface area contributed by atoms with E-state index in [9.17, 15) is 4.79 Å². The van der Waals surface area contributed by atoms with E-state index >= 15 is 0 Å². The first-order valence-corrected chi connectivity index (χ1v) is 8.29. The van der Waals surface area contributed by atoms with E-state index in [-0.39, 0.29) is 5.96 Å². The molecule has 128 valence electrons. The van der Waals surface area contributed by atoms with Gasteiger partial charge in [0.1, 0.15) is 5.75 Å². The second kappa shape index (κ2) is 7.21. The van der Waals surface area contributed by atoms with Crippen LogP contribution in [-0.4, -0.2) is 18.5 Å².